The van der Waals surface area contributed by atoms with Crippen molar-refractivity contribution >= 4 is 45.6 Å². The lowest BCUT2D eigenvalue weighted by atomic mass is 10.0. The Morgan fingerprint density at radius 3 is 1.91 bits per heavy atom. The largest absolute Gasteiger partial charge is 0.497 e. The summed E-state index contributed by atoms with van der Waals surface area (Å²) in [5.74, 6) is 2.26. The number of benzene rings is 2. The molecule has 0 atom stereocenters. The van der Waals surface area contributed by atoms with Crippen molar-refractivity contribution in [1.82, 2.24) is 33.6 Å². The van der Waals surface area contributed by atoms with Crippen LogP contribution in [0.5, 0.6) is 17.2 Å². The molecule has 0 bridgehead atoms. The maximum absolute atomic E-state index is 13.0. The first-order valence-corrected chi connectivity index (χ1v) is 27.6. The number of hydrogen-bond acceptors (Lipinski definition) is 15. The molecule has 0 fully saturated rings. The van der Waals surface area contributed by atoms with Gasteiger partial charge in [0.2, 0.25) is 0 Å². The number of aryl methyl sites for hydroxylation is 5. The third-order valence-corrected chi connectivity index (χ3v) is 14.0. The highest BCUT2D eigenvalue weighted by molar-refractivity contribution is 5.98. The quantitative estimate of drug-likeness (QED) is 0.0283. The van der Waals surface area contributed by atoms with E-state index >= 15 is 0 Å². The number of hydrogen-bond donors (Lipinski definition) is 1. The summed E-state index contributed by atoms with van der Waals surface area (Å²) in [6.45, 7) is 7.40. The Labute approximate surface area is 468 Å². The molecule has 0 amide bonds. The number of nitrogens with one attached hydrogen (secondary N) is 1. The predicted molar refractivity (Wildman–Crippen MR) is 304 cm³/mol. The number of imidazole rings is 1. The van der Waals surface area contributed by atoms with Crippen molar-refractivity contribution in [3.63, 3.8) is 0 Å². The molecule has 6 rings (SSSR count). The number of ketones is 6. The Kier molecular flexibility index (Phi) is 23.9. The molecule has 0 aliphatic rings. The Morgan fingerprint density at radius 2 is 1.25 bits per heavy atom. The van der Waals surface area contributed by atoms with E-state index in [9.17, 15) is 33.6 Å². The SMILES string of the molecule is COc1cc(OC)c2c(=O)[nH]c(-c3cc(C)c(OCCOCCOCCC(=O)CCCCN(C)CCCCC(=O)CCCC(=O)c4nc(CC(=O)CCCC(=O)c5cc(CC(=O)c6cccn6C)cn5C)cn4C)c(C)c3)nc2c1. The zero-order chi connectivity index (χ0) is 57.7. The number of rotatable bonds is 38. The van der Waals surface area contributed by atoms with Gasteiger partial charge in [0, 0.05) is 109 Å². The Morgan fingerprint density at radius 1 is 0.613 bits per heavy atom. The fraction of sp³-hybridized carbons (Fsp3) is 0.492. The number of carbonyl (C=O) groups is 6. The first-order valence-electron chi connectivity index (χ1n) is 27.6. The van der Waals surface area contributed by atoms with Crippen LogP contribution in [0.15, 0.2) is 65.8 Å². The van der Waals surface area contributed by atoms with Crippen LogP contribution < -0.4 is 19.8 Å². The molecule has 80 heavy (non-hydrogen) atoms. The summed E-state index contributed by atoms with van der Waals surface area (Å²) in [5, 5.41) is 0.350. The fourth-order valence-electron chi connectivity index (χ4n) is 9.75. The van der Waals surface area contributed by atoms with Gasteiger partial charge in [0.25, 0.3) is 5.56 Å². The number of ether oxygens (including phenoxy) is 5. The van der Waals surface area contributed by atoms with Crippen LogP contribution in [0.2, 0.25) is 0 Å². The summed E-state index contributed by atoms with van der Waals surface area (Å²) >= 11 is 0. The van der Waals surface area contributed by atoms with Gasteiger partial charge in [-0.05, 0) is 120 Å². The van der Waals surface area contributed by atoms with Crippen LogP contribution in [0.3, 0.4) is 0 Å². The zero-order valence-electron chi connectivity index (χ0n) is 47.9. The first kappa shape index (κ1) is 61.9. The van der Waals surface area contributed by atoms with Crippen LogP contribution in [-0.2, 0) is 57.8 Å². The van der Waals surface area contributed by atoms with Gasteiger partial charge in [-0.1, -0.05) is 0 Å². The number of fused-ring (bicyclic) bond motifs is 1. The van der Waals surface area contributed by atoms with E-state index < -0.39 is 0 Å². The smallest absolute Gasteiger partial charge is 0.262 e. The minimum atomic E-state index is -0.311. The average molecular weight is 1100 g/mol. The normalized spacial score (nSPS) is 11.4. The van der Waals surface area contributed by atoms with Gasteiger partial charge in [0.1, 0.15) is 52.4 Å². The summed E-state index contributed by atoms with van der Waals surface area (Å²) in [5.41, 5.74) is 5.02. The highest BCUT2D eigenvalue weighted by Crippen LogP contribution is 2.32. The fourth-order valence-corrected chi connectivity index (χ4v) is 9.75. The Bertz CT molecular complexity index is 3140. The molecule has 430 valence electrons. The predicted octanol–water partition coefficient (Wildman–Crippen LogP) is 8.49. The second kappa shape index (κ2) is 30.9. The molecule has 0 saturated carbocycles. The van der Waals surface area contributed by atoms with Crippen molar-refractivity contribution in [2.24, 2.45) is 21.1 Å². The van der Waals surface area contributed by atoms with Crippen LogP contribution in [0.1, 0.15) is 137 Å². The number of Topliss-reactive ketones (excluding diaryl/α,β-unsaturated/α-hetero) is 6. The van der Waals surface area contributed by atoms with Crippen molar-refractivity contribution in [1.29, 1.82) is 0 Å². The lowest BCUT2D eigenvalue weighted by Gasteiger charge is -2.16. The van der Waals surface area contributed by atoms with Crippen molar-refractivity contribution in [3.8, 4) is 28.6 Å². The van der Waals surface area contributed by atoms with E-state index in [-0.39, 0.29) is 78.2 Å². The number of carbonyl (C=O) groups excluding carboxylic acids is 6. The highest BCUT2D eigenvalue weighted by Gasteiger charge is 2.20. The second-order valence-corrected chi connectivity index (χ2v) is 20.6. The van der Waals surface area contributed by atoms with Crippen LogP contribution in [0.25, 0.3) is 22.3 Å². The molecule has 19 nitrogen and oxygen atoms in total. The Hall–Kier alpha value is -7.35. The number of H-pyrrole nitrogens is 1. The van der Waals surface area contributed by atoms with Crippen LogP contribution in [-0.4, -0.2) is 136 Å². The molecule has 2 aromatic carbocycles. The average Bonchev–Trinajstić information content (AvgIpc) is 4.14. The van der Waals surface area contributed by atoms with Crippen LogP contribution in [0.4, 0.5) is 0 Å². The van der Waals surface area contributed by atoms with E-state index in [1.165, 1.54) is 7.11 Å². The van der Waals surface area contributed by atoms with Crippen molar-refractivity contribution in [3.05, 3.63) is 111 Å². The zero-order valence-corrected chi connectivity index (χ0v) is 47.9. The molecule has 0 unspecified atom stereocenters. The van der Waals surface area contributed by atoms with Gasteiger partial charge in [-0.3, -0.25) is 33.6 Å². The molecule has 0 radical (unpaired) electrons. The molecule has 4 heterocycles. The third-order valence-electron chi connectivity index (χ3n) is 14.0. The van der Waals surface area contributed by atoms with Gasteiger partial charge in [0.15, 0.2) is 23.2 Å². The lowest BCUT2D eigenvalue weighted by Crippen LogP contribution is -2.21. The molecular formula is C61H79N7O12. The number of aromatic amines is 1. The number of methoxy groups -OCH3 is 2. The van der Waals surface area contributed by atoms with E-state index in [0.717, 1.165) is 66.8 Å². The molecule has 1 N–H and O–H groups in total. The van der Waals surface area contributed by atoms with E-state index in [1.54, 1.807) is 71.6 Å². The number of unbranched alkanes of at least 4 members (excludes halogenated alkanes) is 2. The second-order valence-electron chi connectivity index (χ2n) is 20.6. The summed E-state index contributed by atoms with van der Waals surface area (Å²) in [4.78, 5) is 104. The molecule has 0 aliphatic carbocycles. The molecule has 19 heteroatoms. The van der Waals surface area contributed by atoms with E-state index in [1.807, 2.05) is 52.3 Å². The van der Waals surface area contributed by atoms with Gasteiger partial charge in [-0.25, -0.2) is 9.97 Å². The standard InChI is InChI=1S/C61H79N7O12/c1-41-32-44(59-63-50-37-49(76-7)38-56(77-8)57(50)61(75)64-59)33-42(2)58(41)80-31-30-79-29-28-78-27-23-47(70)17-10-12-25-65(3)24-11-9-16-46(69)18-13-22-54(73)60-62-45(40-68(60)6)36-48(71)19-14-21-53(72)52-34-43(39-67(52)5)35-55(74)51-20-15-26-66(51)4/h15,20,26,32-34,37-40H,9-14,16-19,21-25,27-31,35-36H2,1-8H3,(H,63,64,75). The third kappa shape index (κ3) is 18.4. The van der Waals surface area contributed by atoms with Gasteiger partial charge in [-0.2, -0.15) is 0 Å². The van der Waals surface area contributed by atoms with Gasteiger partial charge in [0.05, 0.1) is 69.7 Å². The number of aromatic nitrogens is 6. The van der Waals surface area contributed by atoms with E-state index in [4.69, 9.17) is 28.7 Å². The van der Waals surface area contributed by atoms with E-state index in [2.05, 4.69) is 14.9 Å². The van der Waals surface area contributed by atoms with Gasteiger partial charge in [-0.15, -0.1) is 0 Å². The van der Waals surface area contributed by atoms with Crippen molar-refractivity contribution < 1.29 is 52.5 Å². The van der Waals surface area contributed by atoms with Crippen molar-refractivity contribution in [2.45, 2.75) is 110 Å². The summed E-state index contributed by atoms with van der Waals surface area (Å²) in [6, 6.07) is 12.5. The first-order chi connectivity index (χ1) is 38.4. The van der Waals surface area contributed by atoms with Gasteiger partial charge < -0.3 is 47.3 Å². The maximum atomic E-state index is 13.0. The summed E-state index contributed by atoms with van der Waals surface area (Å²) < 4.78 is 33.3. The molecular weight excluding hydrogens is 1020 g/mol. The summed E-state index contributed by atoms with van der Waals surface area (Å²) in [7, 11) is 10.4. The molecule has 0 spiro atoms. The number of nitrogens with zero attached hydrogens (tertiary/aromatic N) is 6. The molecule has 6 aromatic rings. The van der Waals surface area contributed by atoms with Crippen LogP contribution >= 0.6 is 0 Å². The minimum absolute atomic E-state index is 0.0297. The summed E-state index contributed by atoms with van der Waals surface area (Å²) in [6.07, 6.45) is 11.9. The van der Waals surface area contributed by atoms with Crippen LogP contribution in [0, 0.1) is 13.8 Å². The molecule has 4 aromatic heterocycles. The van der Waals surface area contributed by atoms with Gasteiger partial charge >= 0.3 is 0 Å². The Balaban J connectivity index is 0.738. The lowest BCUT2D eigenvalue weighted by molar-refractivity contribution is -0.120. The highest BCUT2D eigenvalue weighted by atomic mass is 16.5. The van der Waals surface area contributed by atoms with E-state index in [0.29, 0.717) is 117 Å². The molecule has 0 aliphatic heterocycles. The maximum Gasteiger partial charge on any atom is 0.262 e. The monoisotopic (exact) mass is 1100 g/mol. The minimum Gasteiger partial charge on any atom is -0.497 e. The topological polar surface area (TPSA) is 225 Å². The molecule has 0 saturated heterocycles. The van der Waals surface area contributed by atoms with Crippen molar-refractivity contribution in [2.75, 3.05) is 67.4 Å².